The fourth-order valence-electron chi connectivity index (χ4n) is 1.59. The van der Waals surface area contributed by atoms with E-state index in [1.807, 2.05) is 0 Å². The van der Waals surface area contributed by atoms with E-state index in [1.165, 1.54) is 24.3 Å². The molecule has 2 rings (SSSR count). The van der Waals surface area contributed by atoms with E-state index in [0.29, 0.717) is 6.07 Å². The van der Waals surface area contributed by atoms with Crippen molar-refractivity contribution in [3.63, 3.8) is 0 Å². The molecule has 0 aliphatic carbocycles. The molecule has 11 heteroatoms. The maximum Gasteiger partial charge on any atom is 0.372 e. The number of para-hydroxylation sites is 1. The van der Waals surface area contributed by atoms with Crippen LogP contribution in [0.4, 0.5) is 11.4 Å². The fraction of sp³-hybridized carbons (Fsp3) is 0. The van der Waals surface area contributed by atoms with Gasteiger partial charge in [-0.05, 0) is 18.2 Å². The van der Waals surface area contributed by atoms with Crippen molar-refractivity contribution in [2.45, 2.75) is 0 Å². The van der Waals surface area contributed by atoms with E-state index < -0.39 is 34.8 Å². The van der Waals surface area contributed by atoms with Crippen molar-refractivity contribution in [2.75, 3.05) is 0 Å². The second-order valence-electron chi connectivity index (χ2n) is 4.11. The summed E-state index contributed by atoms with van der Waals surface area (Å²) < 4.78 is 21.0. The van der Waals surface area contributed by atoms with Crippen LogP contribution in [0.1, 0.15) is 0 Å². The molecule has 0 amide bonds. The minimum Gasteiger partial charge on any atom is -0.736 e. The number of rotatable bonds is 6. The minimum absolute atomic E-state index is 0.0459. The lowest BCUT2D eigenvalue weighted by atomic mass is 10.2. The average Bonchev–Trinajstić information content (AvgIpc) is 2.47. The summed E-state index contributed by atoms with van der Waals surface area (Å²) in [6.07, 6.45) is 0. The minimum atomic E-state index is -4.97. The van der Waals surface area contributed by atoms with E-state index >= 15 is 0 Å². The van der Waals surface area contributed by atoms with Crippen LogP contribution in [0, 0.1) is 20.2 Å². The molecular weight excluding hydrogens is 331 g/mol. The molecule has 23 heavy (non-hydrogen) atoms. The molecule has 0 fully saturated rings. The second kappa shape index (κ2) is 6.42. The van der Waals surface area contributed by atoms with Gasteiger partial charge < -0.3 is 13.9 Å². The molecule has 0 saturated carbocycles. The molecule has 0 saturated heterocycles. The van der Waals surface area contributed by atoms with Crippen LogP contribution < -0.4 is 13.9 Å². The van der Waals surface area contributed by atoms with Gasteiger partial charge in [0.1, 0.15) is 5.75 Å². The van der Waals surface area contributed by atoms with Gasteiger partial charge in [0, 0.05) is 6.07 Å². The summed E-state index contributed by atoms with van der Waals surface area (Å²) in [5.74, 6) is -0.731. The van der Waals surface area contributed by atoms with Crippen LogP contribution in [-0.2, 0) is 4.57 Å². The number of hydrogen-bond donors (Lipinski definition) is 0. The molecule has 2 aromatic rings. The first-order valence-corrected chi connectivity index (χ1v) is 7.43. The van der Waals surface area contributed by atoms with Crippen LogP contribution in [0.25, 0.3) is 0 Å². The van der Waals surface area contributed by atoms with E-state index in [2.05, 4.69) is 9.05 Å². The van der Waals surface area contributed by atoms with Gasteiger partial charge in [-0.2, -0.15) is 0 Å². The van der Waals surface area contributed by atoms with Crippen molar-refractivity contribution in [2.24, 2.45) is 0 Å². The van der Waals surface area contributed by atoms with E-state index in [0.717, 1.165) is 12.1 Å². The summed E-state index contributed by atoms with van der Waals surface area (Å²) in [7, 11) is -4.97. The van der Waals surface area contributed by atoms with E-state index in [-0.39, 0.29) is 5.75 Å². The zero-order chi connectivity index (χ0) is 17.0. The van der Waals surface area contributed by atoms with Crippen LogP contribution in [0.5, 0.6) is 11.5 Å². The maximum atomic E-state index is 11.8. The number of hydrogen-bond acceptors (Lipinski definition) is 8. The third kappa shape index (κ3) is 4.25. The van der Waals surface area contributed by atoms with Crippen LogP contribution in [0.3, 0.4) is 0 Å². The highest BCUT2D eigenvalue weighted by molar-refractivity contribution is 7.46. The Labute approximate surface area is 128 Å². The SMILES string of the molecule is O=[N+]([O-])c1ccc(OP(=O)([O-])Oc2ccccc2)c([N+](=O)[O-])c1. The summed E-state index contributed by atoms with van der Waals surface area (Å²) >= 11 is 0. The smallest absolute Gasteiger partial charge is 0.372 e. The molecule has 0 spiro atoms. The van der Waals surface area contributed by atoms with Crippen molar-refractivity contribution < 1.29 is 28.4 Å². The van der Waals surface area contributed by atoms with Gasteiger partial charge in [-0.25, -0.2) is 4.57 Å². The largest absolute Gasteiger partial charge is 0.736 e. The summed E-state index contributed by atoms with van der Waals surface area (Å²) in [5, 5.41) is 21.5. The Balaban J connectivity index is 2.29. The lowest BCUT2D eigenvalue weighted by molar-refractivity contribution is -0.394. The Kier molecular flexibility index (Phi) is 4.58. The maximum absolute atomic E-state index is 11.8. The van der Waals surface area contributed by atoms with Gasteiger partial charge in [0.2, 0.25) is 5.75 Å². The zero-order valence-corrected chi connectivity index (χ0v) is 12.1. The zero-order valence-electron chi connectivity index (χ0n) is 11.2. The van der Waals surface area contributed by atoms with Crippen LogP contribution in [0.2, 0.25) is 0 Å². The average molecular weight is 339 g/mol. The molecule has 0 radical (unpaired) electrons. The van der Waals surface area contributed by atoms with Gasteiger partial charge >= 0.3 is 13.5 Å². The number of phosphoric ester groups is 1. The fourth-order valence-corrected chi connectivity index (χ4v) is 2.40. The lowest BCUT2D eigenvalue weighted by Gasteiger charge is -2.23. The van der Waals surface area contributed by atoms with Gasteiger partial charge in [-0.3, -0.25) is 20.2 Å². The molecule has 0 aliphatic heterocycles. The Morgan fingerprint density at radius 2 is 1.57 bits per heavy atom. The lowest BCUT2D eigenvalue weighted by Crippen LogP contribution is -2.13. The number of benzene rings is 2. The van der Waals surface area contributed by atoms with E-state index in [4.69, 9.17) is 0 Å². The first-order valence-electron chi connectivity index (χ1n) is 5.96. The Hall–Kier alpha value is -2.97. The molecule has 10 nitrogen and oxygen atoms in total. The first-order chi connectivity index (χ1) is 10.8. The first kappa shape index (κ1) is 16.4. The molecule has 0 N–H and O–H groups in total. The van der Waals surface area contributed by atoms with E-state index in [1.54, 1.807) is 6.07 Å². The Morgan fingerprint density at radius 1 is 0.913 bits per heavy atom. The molecule has 1 atom stereocenters. The van der Waals surface area contributed by atoms with Gasteiger partial charge in [0.15, 0.2) is 0 Å². The predicted molar refractivity (Wildman–Crippen MR) is 75.1 cm³/mol. The van der Waals surface area contributed by atoms with Gasteiger partial charge in [-0.1, -0.05) is 18.2 Å². The second-order valence-corrected chi connectivity index (χ2v) is 5.37. The van der Waals surface area contributed by atoms with Crippen LogP contribution >= 0.6 is 7.82 Å². The molecule has 1 unspecified atom stereocenters. The highest BCUT2D eigenvalue weighted by Gasteiger charge is 2.24. The molecule has 0 heterocycles. The topological polar surface area (TPSA) is 145 Å². The number of phosphoric acid groups is 1. The van der Waals surface area contributed by atoms with Crippen molar-refractivity contribution in [1.82, 2.24) is 0 Å². The number of non-ortho nitro benzene ring substituents is 1. The monoisotopic (exact) mass is 339 g/mol. The molecule has 0 aliphatic rings. The normalized spacial score (nSPS) is 12.9. The molecule has 0 bridgehead atoms. The number of nitro benzene ring substituents is 2. The third-order valence-electron chi connectivity index (χ3n) is 2.52. The Morgan fingerprint density at radius 3 is 2.13 bits per heavy atom. The molecule has 120 valence electrons. The number of nitro groups is 2. The van der Waals surface area contributed by atoms with Crippen LogP contribution in [0.15, 0.2) is 48.5 Å². The van der Waals surface area contributed by atoms with Gasteiger partial charge in [-0.15, -0.1) is 0 Å². The van der Waals surface area contributed by atoms with Crippen LogP contribution in [-0.4, -0.2) is 9.85 Å². The molecule has 0 aromatic heterocycles. The van der Waals surface area contributed by atoms with Crippen molar-refractivity contribution in [3.8, 4) is 11.5 Å². The number of nitrogens with zero attached hydrogens (tertiary/aromatic N) is 2. The Bertz CT molecular complexity index is 795. The van der Waals surface area contributed by atoms with Crippen molar-refractivity contribution in [1.29, 1.82) is 0 Å². The van der Waals surface area contributed by atoms with Gasteiger partial charge in [0.05, 0.1) is 15.9 Å². The third-order valence-corrected chi connectivity index (χ3v) is 3.38. The van der Waals surface area contributed by atoms with E-state index in [9.17, 15) is 29.7 Å². The standard InChI is InChI=1S/C12H9N2O8P/c15-13(16)9-6-7-12(11(8-9)14(17)18)22-23(19,20)21-10-4-2-1-3-5-10/h1-8H,(H,19,20)/p-1. The quantitative estimate of drug-likeness (QED) is 0.443. The molecule has 2 aromatic carbocycles. The summed E-state index contributed by atoms with van der Waals surface area (Å²) in [4.78, 5) is 31.5. The summed E-state index contributed by atoms with van der Waals surface area (Å²) in [6, 6.07) is 9.64. The highest BCUT2D eigenvalue weighted by atomic mass is 31.2. The van der Waals surface area contributed by atoms with Crippen molar-refractivity contribution >= 4 is 19.2 Å². The predicted octanol–water partition coefficient (Wildman–Crippen LogP) is 2.43. The summed E-state index contributed by atoms with van der Waals surface area (Å²) in [6.45, 7) is 0. The molecular formula is C12H8N2O8P-. The summed E-state index contributed by atoms with van der Waals surface area (Å²) in [5.41, 5.74) is -1.44. The van der Waals surface area contributed by atoms with Gasteiger partial charge in [0.25, 0.3) is 5.69 Å². The highest BCUT2D eigenvalue weighted by Crippen LogP contribution is 2.44. The van der Waals surface area contributed by atoms with Crippen molar-refractivity contribution in [3.05, 3.63) is 68.8 Å².